The molecule has 1 aromatic heterocycles. The Balaban J connectivity index is 2.44. The Labute approximate surface area is 93.9 Å². The number of allylic oxidation sites excluding steroid dienone is 4. The zero-order valence-electron chi connectivity index (χ0n) is 8.44. The van der Waals surface area contributed by atoms with Gasteiger partial charge in [0.2, 0.25) is 0 Å². The molecule has 1 unspecified atom stereocenters. The van der Waals surface area contributed by atoms with E-state index in [1.807, 2.05) is 25.1 Å². The molecule has 0 fully saturated rings. The van der Waals surface area contributed by atoms with E-state index in [2.05, 4.69) is 4.98 Å². The molecule has 1 aliphatic rings. The number of aliphatic hydroxyl groups is 1. The summed E-state index contributed by atoms with van der Waals surface area (Å²) in [6.45, 7) is 2.01. The maximum absolute atomic E-state index is 9.54. The van der Waals surface area contributed by atoms with Crippen molar-refractivity contribution >= 4 is 11.6 Å². The average Bonchev–Trinajstić information content (AvgIpc) is 2.17. The summed E-state index contributed by atoms with van der Waals surface area (Å²) in [5.74, 6) is 0.363. The molecule has 1 N–H and O–H groups in total. The lowest BCUT2D eigenvalue weighted by atomic mass is 9.79. The van der Waals surface area contributed by atoms with Crippen molar-refractivity contribution in [2.75, 3.05) is 0 Å². The van der Waals surface area contributed by atoms with Gasteiger partial charge in [0.05, 0.1) is 16.5 Å². The molecule has 2 nitrogen and oxygen atoms in total. The summed E-state index contributed by atoms with van der Waals surface area (Å²) in [5, 5.41) is 10.2. The van der Waals surface area contributed by atoms with Crippen LogP contribution in [0.1, 0.15) is 19.0 Å². The molecule has 78 valence electrons. The Morgan fingerprint density at radius 1 is 1.53 bits per heavy atom. The van der Waals surface area contributed by atoms with Gasteiger partial charge in [-0.2, -0.15) is 0 Å². The van der Waals surface area contributed by atoms with E-state index in [1.165, 1.54) is 0 Å². The lowest BCUT2D eigenvalue weighted by molar-refractivity contribution is 0.350. The van der Waals surface area contributed by atoms with Crippen molar-refractivity contribution in [3.05, 3.63) is 53.0 Å². The summed E-state index contributed by atoms with van der Waals surface area (Å²) in [5.41, 5.74) is 0.500. The maximum Gasteiger partial charge on any atom is 0.0935 e. The van der Waals surface area contributed by atoms with Crippen LogP contribution in [0.4, 0.5) is 0 Å². The van der Waals surface area contributed by atoms with Crippen molar-refractivity contribution in [1.29, 1.82) is 0 Å². The third-order valence-electron chi connectivity index (χ3n) is 2.60. The van der Waals surface area contributed by atoms with Gasteiger partial charge in [0.25, 0.3) is 0 Å². The van der Waals surface area contributed by atoms with Gasteiger partial charge in [-0.05, 0) is 25.1 Å². The molecule has 15 heavy (non-hydrogen) atoms. The van der Waals surface area contributed by atoms with Crippen molar-refractivity contribution < 1.29 is 5.11 Å². The van der Waals surface area contributed by atoms with Crippen molar-refractivity contribution in [2.24, 2.45) is 0 Å². The highest BCUT2D eigenvalue weighted by Crippen LogP contribution is 2.36. The summed E-state index contributed by atoms with van der Waals surface area (Å²) >= 11 is 6.10. The van der Waals surface area contributed by atoms with Gasteiger partial charge < -0.3 is 5.11 Å². The van der Waals surface area contributed by atoms with E-state index in [1.54, 1.807) is 18.3 Å². The predicted octanol–water partition coefficient (Wildman–Crippen LogP) is 3.39. The molecule has 1 aliphatic carbocycles. The highest BCUT2D eigenvalue weighted by atomic mass is 35.5. The molecular weight excluding hydrogens is 210 g/mol. The second kappa shape index (κ2) is 3.70. The zero-order valence-corrected chi connectivity index (χ0v) is 9.20. The molecule has 3 heteroatoms. The lowest BCUT2D eigenvalue weighted by Crippen LogP contribution is -2.23. The summed E-state index contributed by atoms with van der Waals surface area (Å²) < 4.78 is 0. The molecule has 1 atom stereocenters. The minimum Gasteiger partial charge on any atom is -0.512 e. The van der Waals surface area contributed by atoms with E-state index < -0.39 is 0 Å². The van der Waals surface area contributed by atoms with Crippen LogP contribution >= 0.6 is 11.6 Å². The number of aliphatic hydroxyl groups excluding tert-OH is 1. The number of nitrogens with zero attached hydrogens (tertiary/aromatic N) is 1. The smallest absolute Gasteiger partial charge is 0.0935 e. The van der Waals surface area contributed by atoms with E-state index in [0.717, 1.165) is 5.69 Å². The fourth-order valence-electron chi connectivity index (χ4n) is 1.83. The van der Waals surface area contributed by atoms with Crippen LogP contribution in [-0.2, 0) is 5.41 Å². The Hall–Kier alpha value is -1.28. The van der Waals surface area contributed by atoms with Crippen LogP contribution in [0.3, 0.4) is 0 Å². The first kappa shape index (κ1) is 10.2. The van der Waals surface area contributed by atoms with Gasteiger partial charge in [0.1, 0.15) is 0 Å². The highest BCUT2D eigenvalue weighted by Gasteiger charge is 2.30. The molecule has 0 aromatic carbocycles. The summed E-state index contributed by atoms with van der Waals surface area (Å²) in [6, 6.07) is 3.62. The quantitative estimate of drug-likeness (QED) is 0.789. The summed E-state index contributed by atoms with van der Waals surface area (Å²) in [6.07, 6.45) is 7.80. The minimum absolute atomic E-state index is 0.308. The maximum atomic E-state index is 9.54. The van der Waals surface area contributed by atoms with Gasteiger partial charge in [-0.25, -0.2) is 0 Å². The zero-order chi connectivity index (χ0) is 10.9. The fourth-order valence-corrected chi connectivity index (χ4v) is 2.17. The predicted molar refractivity (Wildman–Crippen MR) is 61.1 cm³/mol. The van der Waals surface area contributed by atoms with Crippen LogP contribution < -0.4 is 0 Å². The standard InChI is InChI=1S/C12H12ClNO/c1-12(6-2-4-9(15)8-12)11-10(13)5-3-7-14-11/h2-7,15H,8H2,1H3. The molecule has 0 radical (unpaired) electrons. The third-order valence-corrected chi connectivity index (χ3v) is 2.91. The van der Waals surface area contributed by atoms with Crippen molar-refractivity contribution in [3.8, 4) is 0 Å². The van der Waals surface area contributed by atoms with Crippen molar-refractivity contribution in [2.45, 2.75) is 18.8 Å². The van der Waals surface area contributed by atoms with E-state index in [4.69, 9.17) is 11.6 Å². The molecule has 2 rings (SSSR count). The first-order valence-electron chi connectivity index (χ1n) is 4.80. The largest absolute Gasteiger partial charge is 0.512 e. The average molecular weight is 222 g/mol. The van der Waals surface area contributed by atoms with Gasteiger partial charge in [-0.1, -0.05) is 23.8 Å². The second-order valence-corrected chi connectivity index (χ2v) is 4.35. The van der Waals surface area contributed by atoms with Gasteiger partial charge in [-0.15, -0.1) is 0 Å². The topological polar surface area (TPSA) is 33.1 Å². The van der Waals surface area contributed by atoms with Crippen LogP contribution in [0.5, 0.6) is 0 Å². The number of rotatable bonds is 1. The first-order chi connectivity index (χ1) is 7.12. The molecule has 0 aliphatic heterocycles. The SMILES string of the molecule is CC1(c2ncccc2Cl)C=CC=C(O)C1. The Kier molecular flexibility index (Phi) is 2.53. The second-order valence-electron chi connectivity index (χ2n) is 3.95. The van der Waals surface area contributed by atoms with Crippen LogP contribution in [0, 0.1) is 0 Å². The summed E-state index contributed by atoms with van der Waals surface area (Å²) in [7, 11) is 0. The van der Waals surface area contributed by atoms with Crippen molar-refractivity contribution in [3.63, 3.8) is 0 Å². The first-order valence-corrected chi connectivity index (χ1v) is 5.18. The van der Waals surface area contributed by atoms with Gasteiger partial charge in [0, 0.05) is 18.0 Å². The number of hydrogen-bond acceptors (Lipinski definition) is 2. The van der Waals surface area contributed by atoms with E-state index in [9.17, 15) is 5.11 Å². The fraction of sp³-hybridized carbons (Fsp3) is 0.250. The van der Waals surface area contributed by atoms with Crippen molar-refractivity contribution in [1.82, 2.24) is 4.98 Å². The van der Waals surface area contributed by atoms with Gasteiger partial charge >= 0.3 is 0 Å². The number of hydrogen-bond donors (Lipinski definition) is 1. The number of pyridine rings is 1. The van der Waals surface area contributed by atoms with Gasteiger partial charge in [0.15, 0.2) is 0 Å². The molecule has 0 saturated heterocycles. The normalized spacial score (nSPS) is 25.1. The summed E-state index contributed by atoms with van der Waals surface area (Å²) in [4.78, 5) is 4.29. The third kappa shape index (κ3) is 1.90. The van der Waals surface area contributed by atoms with Crippen LogP contribution in [-0.4, -0.2) is 10.1 Å². The molecule has 1 heterocycles. The lowest BCUT2D eigenvalue weighted by Gasteiger charge is -2.27. The Morgan fingerprint density at radius 3 is 3.00 bits per heavy atom. The van der Waals surface area contributed by atoms with Crippen LogP contribution in [0.15, 0.2) is 42.3 Å². The minimum atomic E-state index is -0.308. The molecule has 0 spiro atoms. The molecule has 0 saturated carbocycles. The van der Waals surface area contributed by atoms with E-state index >= 15 is 0 Å². The van der Waals surface area contributed by atoms with E-state index in [-0.39, 0.29) is 5.41 Å². The molecule has 1 aromatic rings. The highest BCUT2D eigenvalue weighted by molar-refractivity contribution is 6.31. The number of halogens is 1. The molecule has 0 amide bonds. The Bertz CT molecular complexity index is 439. The molecule has 0 bridgehead atoms. The number of aromatic nitrogens is 1. The molecular formula is C12H12ClNO. The Morgan fingerprint density at radius 2 is 2.33 bits per heavy atom. The monoisotopic (exact) mass is 221 g/mol. The van der Waals surface area contributed by atoms with E-state index in [0.29, 0.717) is 17.2 Å². The van der Waals surface area contributed by atoms with Crippen LogP contribution in [0.25, 0.3) is 0 Å². The van der Waals surface area contributed by atoms with Crippen LogP contribution in [0.2, 0.25) is 5.02 Å². The van der Waals surface area contributed by atoms with Gasteiger partial charge in [-0.3, -0.25) is 4.98 Å².